The minimum atomic E-state index is -5.39. The van der Waals surface area contributed by atoms with Crippen molar-refractivity contribution in [2.45, 2.75) is 49.1 Å². The Morgan fingerprint density at radius 1 is 0.978 bits per heavy atom. The third-order valence-electron chi connectivity index (χ3n) is 7.16. The zero-order valence-electron chi connectivity index (χ0n) is 23.0. The number of imidazole rings is 2. The summed E-state index contributed by atoms with van der Waals surface area (Å²) in [6.07, 6.45) is -5.34. The number of carboxylic acid groups (broad SMARTS) is 1. The van der Waals surface area contributed by atoms with Crippen molar-refractivity contribution in [2.75, 3.05) is 13.2 Å². The molecule has 0 amide bonds. The van der Waals surface area contributed by atoms with Crippen molar-refractivity contribution in [1.82, 2.24) is 29.4 Å². The maximum atomic E-state index is 12.5. The van der Waals surface area contributed by atoms with Crippen LogP contribution in [0, 0.1) is 0 Å². The maximum Gasteiger partial charge on any atom is 0.434 e. The van der Waals surface area contributed by atoms with Crippen molar-refractivity contribution in [2.24, 2.45) is 0 Å². The lowest BCUT2D eigenvalue weighted by molar-refractivity contribution is -0.765. The van der Waals surface area contributed by atoms with Crippen LogP contribution in [0.15, 0.2) is 43.2 Å². The van der Waals surface area contributed by atoms with E-state index in [2.05, 4.69) is 29.1 Å². The number of hydrogen-bond donors (Lipinski definition) is 7. The van der Waals surface area contributed by atoms with Crippen LogP contribution < -0.4 is 14.4 Å². The molecule has 10 atom stereocenters. The second kappa shape index (κ2) is 12.5. The van der Waals surface area contributed by atoms with E-state index in [-0.39, 0.29) is 11.2 Å². The van der Waals surface area contributed by atoms with Crippen LogP contribution in [0.4, 0.5) is 0 Å². The number of aliphatic hydroxyl groups excluding tert-OH is 4. The summed E-state index contributed by atoms with van der Waals surface area (Å²) < 4.78 is 28.5. The predicted molar refractivity (Wildman–Crippen MR) is 141 cm³/mol. The first-order valence-electron chi connectivity index (χ1n) is 13.2. The number of pyridine rings is 1. The zero-order valence-corrected chi connectivity index (χ0v) is 24.8. The Kier molecular flexibility index (Phi) is 8.97. The lowest BCUT2D eigenvalue weighted by Crippen LogP contribution is -2.46. The zero-order chi connectivity index (χ0) is 33.0. The Morgan fingerprint density at radius 2 is 1.65 bits per heavy atom. The first kappa shape index (κ1) is 32.9. The number of phosphoric acid groups is 2. The van der Waals surface area contributed by atoms with Gasteiger partial charge in [-0.15, -0.1) is 5.10 Å². The fourth-order valence-corrected chi connectivity index (χ4v) is 7.02. The summed E-state index contributed by atoms with van der Waals surface area (Å²) in [5.74, 6) is -1.26. The topological polar surface area (TPSA) is 316 Å². The quantitative estimate of drug-likeness (QED) is 0.0576. The standard InChI is InChI=1S/C22H25N7O15P2/c30-14-11(42-20(16(14)32)27-4-1-2-10(6-27)22(34)35)7-40-45(36,37)44-46(38,39)41-8-12-15(31)17(33)21(43-12)28-9-24-13-18-23-3-5-29(18)26-25-19(13)28/h1-6,9,11-12,14-17,20-21,30-33H,7-8H2,(H2-,34,35,36,37,38,39)/p+1/t11-,12-,14-,15-,16-,17-,20-,21-/m1/s1. The van der Waals surface area contributed by atoms with Gasteiger partial charge in [0, 0.05) is 16.6 Å². The van der Waals surface area contributed by atoms with Crippen molar-refractivity contribution in [1.29, 1.82) is 0 Å². The molecule has 46 heavy (non-hydrogen) atoms. The van der Waals surface area contributed by atoms with Crippen LogP contribution in [-0.2, 0) is 22.8 Å². The van der Waals surface area contributed by atoms with E-state index in [0.29, 0.717) is 11.2 Å². The minimum Gasteiger partial charge on any atom is -0.603 e. The second-order valence-corrected chi connectivity index (χ2v) is 13.2. The molecule has 2 unspecified atom stereocenters. The first-order chi connectivity index (χ1) is 21.7. The minimum absolute atomic E-state index is 0.147. The van der Waals surface area contributed by atoms with Gasteiger partial charge in [0.25, 0.3) is 6.23 Å². The van der Waals surface area contributed by atoms with Crippen LogP contribution >= 0.6 is 16.3 Å². The van der Waals surface area contributed by atoms with E-state index in [4.69, 9.17) is 19.1 Å². The lowest BCUT2D eigenvalue weighted by atomic mass is 10.1. The van der Waals surface area contributed by atoms with Gasteiger partial charge in [0.1, 0.15) is 49.3 Å². The van der Waals surface area contributed by atoms with Crippen LogP contribution in [0.1, 0.15) is 22.8 Å². The monoisotopic (exact) mass is 690 g/mol. The average Bonchev–Trinajstić information content (AvgIpc) is 3.77. The molecule has 2 saturated heterocycles. The highest BCUT2D eigenvalue weighted by Gasteiger charge is 2.53. The molecular weight excluding hydrogens is 664 g/mol. The van der Waals surface area contributed by atoms with Gasteiger partial charge in [0.05, 0.1) is 12.5 Å². The Morgan fingerprint density at radius 3 is 2.35 bits per heavy atom. The Bertz CT molecular complexity index is 1730. The van der Waals surface area contributed by atoms with Crippen LogP contribution in [0.3, 0.4) is 0 Å². The third kappa shape index (κ3) is 6.42. The molecule has 0 aliphatic carbocycles. The van der Waals surface area contributed by atoms with E-state index in [1.165, 1.54) is 39.9 Å². The smallest absolute Gasteiger partial charge is 0.434 e. The van der Waals surface area contributed by atoms with Crippen molar-refractivity contribution >= 4 is 39.1 Å². The van der Waals surface area contributed by atoms with Crippen molar-refractivity contribution in [3.8, 4) is 0 Å². The van der Waals surface area contributed by atoms with E-state index in [1.807, 2.05) is 0 Å². The molecule has 248 valence electrons. The highest BCUT2D eigenvalue weighted by molar-refractivity contribution is 7.66. The van der Waals surface area contributed by atoms with Crippen LogP contribution in [-0.4, -0.2) is 120 Å². The van der Waals surface area contributed by atoms with Crippen LogP contribution in [0.2, 0.25) is 0 Å². The molecule has 24 heteroatoms. The maximum absolute atomic E-state index is 12.5. The SMILES string of the molecule is O=C(O)c1ccc[n+]([C@@H]2O[C@H](CO[P+]([O-])(O)O[P+]([O-])(O)OC[C@H]3O[C@@H](n4cnc5c4nnn4ccnc54)[C@H](O)[C@@H]3O)[C@@H](O)[C@H]2O)c1. The van der Waals surface area contributed by atoms with Gasteiger partial charge in [-0.2, -0.15) is 23.4 Å². The van der Waals surface area contributed by atoms with Crippen LogP contribution in [0.5, 0.6) is 0 Å². The molecule has 2 fully saturated rings. The molecule has 22 nitrogen and oxygen atoms in total. The largest absolute Gasteiger partial charge is 0.603 e. The molecule has 2 aliphatic heterocycles. The number of aromatic nitrogens is 7. The molecular formula is C22H26N7O15P2+. The van der Waals surface area contributed by atoms with Crippen molar-refractivity contribution in [3.05, 3.63) is 48.8 Å². The number of ether oxygens (including phenoxy) is 2. The van der Waals surface area contributed by atoms with Gasteiger partial charge in [-0.25, -0.2) is 19.3 Å². The number of aliphatic hydroxyl groups is 4. The molecule has 6 rings (SSSR count). The molecule has 4 aromatic rings. The van der Waals surface area contributed by atoms with Crippen molar-refractivity contribution in [3.63, 3.8) is 0 Å². The molecule has 0 radical (unpaired) electrons. The fourth-order valence-electron chi connectivity index (χ4n) is 4.93. The lowest BCUT2D eigenvalue weighted by Gasteiger charge is -2.25. The molecule has 0 spiro atoms. The molecule has 0 saturated carbocycles. The number of phosphoric ester groups is 2. The van der Waals surface area contributed by atoms with E-state index >= 15 is 0 Å². The van der Waals surface area contributed by atoms with Gasteiger partial charge in [-0.3, -0.25) is 4.57 Å². The summed E-state index contributed by atoms with van der Waals surface area (Å²) in [7, 11) is -10.8. The highest BCUT2D eigenvalue weighted by atomic mass is 31.3. The molecule has 2 aliphatic rings. The summed E-state index contributed by atoms with van der Waals surface area (Å²) in [4.78, 5) is 64.6. The summed E-state index contributed by atoms with van der Waals surface area (Å²) in [6.45, 7) is -1.83. The fraction of sp³-hybridized carbons (Fsp3) is 0.455. The second-order valence-electron chi connectivity index (χ2n) is 10.2. The first-order valence-corrected chi connectivity index (χ1v) is 16.2. The van der Waals surface area contributed by atoms with Gasteiger partial charge in [0.15, 0.2) is 41.5 Å². The molecule has 0 aromatic carbocycles. The van der Waals surface area contributed by atoms with Gasteiger partial charge in [-0.05, 0) is 6.07 Å². The highest BCUT2D eigenvalue weighted by Crippen LogP contribution is 2.65. The molecule has 6 heterocycles. The third-order valence-corrected chi connectivity index (χ3v) is 9.76. The van der Waals surface area contributed by atoms with E-state index < -0.39 is 84.6 Å². The average molecular weight is 690 g/mol. The van der Waals surface area contributed by atoms with Gasteiger partial charge in [-0.1, -0.05) is 5.21 Å². The van der Waals surface area contributed by atoms with E-state index in [9.17, 15) is 44.8 Å². The Balaban J connectivity index is 1.04. The van der Waals surface area contributed by atoms with Gasteiger partial charge in [0.2, 0.25) is 0 Å². The number of hydrogen-bond acceptors (Lipinski definition) is 18. The number of carboxylic acids is 1. The summed E-state index contributed by atoms with van der Waals surface area (Å²) in [6, 6.07) is 2.63. The number of nitrogens with zero attached hydrogens (tertiary/aromatic N) is 7. The van der Waals surface area contributed by atoms with E-state index in [1.54, 1.807) is 6.20 Å². The van der Waals surface area contributed by atoms with Gasteiger partial charge >= 0.3 is 22.3 Å². The molecule has 7 N–H and O–H groups in total. The number of rotatable bonds is 11. The van der Waals surface area contributed by atoms with Crippen molar-refractivity contribution < 1.29 is 77.3 Å². The number of carbonyl (C=O) groups is 1. The molecule has 4 aromatic heterocycles. The van der Waals surface area contributed by atoms with Gasteiger partial charge < -0.3 is 44.8 Å². The Hall–Kier alpha value is -3.02. The number of aromatic carboxylic acids is 1. The summed E-state index contributed by atoms with van der Waals surface area (Å²) in [5, 5.41) is 58.9. The Labute approximate surface area is 257 Å². The number of fused-ring (bicyclic) bond motifs is 3. The molecule has 0 bridgehead atoms. The summed E-state index contributed by atoms with van der Waals surface area (Å²) in [5.41, 5.74) is 0.665. The predicted octanol–water partition coefficient (Wildman–Crippen LogP) is -4.49. The summed E-state index contributed by atoms with van der Waals surface area (Å²) >= 11 is 0. The van der Waals surface area contributed by atoms with E-state index in [0.717, 1.165) is 10.8 Å². The normalized spacial score (nSPS) is 31.0. The van der Waals surface area contributed by atoms with Crippen LogP contribution in [0.25, 0.3) is 16.8 Å².